The zero-order valence-electron chi connectivity index (χ0n) is 20.0. The Labute approximate surface area is 211 Å². The van der Waals surface area contributed by atoms with E-state index in [0.717, 1.165) is 22.3 Å². The fourth-order valence-electron chi connectivity index (χ4n) is 4.43. The van der Waals surface area contributed by atoms with Crippen molar-refractivity contribution in [2.45, 2.75) is 44.2 Å². The fraction of sp³-hybridized carbons (Fsp3) is 0.276. The first-order chi connectivity index (χ1) is 17.8. The number of nitrogens with two attached hydrogens (primary N) is 1. The molecule has 1 saturated heterocycles. The second kappa shape index (κ2) is 12.0. The van der Waals surface area contributed by atoms with Gasteiger partial charge in [-0.3, -0.25) is 5.10 Å². The molecule has 5 rings (SSSR count). The van der Waals surface area contributed by atoms with Crippen LogP contribution in [0, 0.1) is 0 Å². The van der Waals surface area contributed by atoms with Crippen LogP contribution >= 0.6 is 0 Å². The van der Waals surface area contributed by atoms with Crippen molar-refractivity contribution in [3.8, 4) is 0 Å². The molecule has 3 aromatic carbocycles. The second-order valence-corrected chi connectivity index (χ2v) is 8.86. The Balaban J connectivity index is 1.36. The average molecular weight is 486 g/mol. The first-order valence-electron chi connectivity index (χ1n) is 12.1. The molecule has 4 aromatic rings. The molecule has 7 nitrogen and oxygen atoms in total. The minimum absolute atomic E-state index is 0.350. The molecule has 0 spiro atoms. The lowest BCUT2D eigenvalue weighted by Crippen LogP contribution is -2.37. The Morgan fingerprint density at radius 2 is 1.25 bits per heavy atom. The van der Waals surface area contributed by atoms with Gasteiger partial charge in [0.1, 0.15) is 30.2 Å². The van der Waals surface area contributed by atoms with Gasteiger partial charge in [-0.2, -0.15) is 5.10 Å². The summed E-state index contributed by atoms with van der Waals surface area (Å²) in [7, 11) is 0. The quantitative estimate of drug-likeness (QED) is 0.317. The minimum atomic E-state index is -0.446. The highest BCUT2D eigenvalue weighted by Crippen LogP contribution is 2.40. The molecule has 7 heteroatoms. The van der Waals surface area contributed by atoms with Crippen LogP contribution in [0.15, 0.2) is 97.2 Å². The van der Waals surface area contributed by atoms with Gasteiger partial charge in [0.2, 0.25) is 0 Å². The number of ether oxygens (including phenoxy) is 4. The molecule has 4 atom stereocenters. The molecule has 1 aliphatic rings. The monoisotopic (exact) mass is 485 g/mol. The lowest BCUT2D eigenvalue weighted by Gasteiger charge is -2.25. The summed E-state index contributed by atoms with van der Waals surface area (Å²) < 4.78 is 25.5. The summed E-state index contributed by atoms with van der Waals surface area (Å²) in [6.07, 6.45) is 0.125. The van der Waals surface area contributed by atoms with Gasteiger partial charge < -0.3 is 24.7 Å². The number of hydrogen-bond acceptors (Lipinski definition) is 6. The Morgan fingerprint density at radius 1 is 0.722 bits per heavy atom. The van der Waals surface area contributed by atoms with E-state index in [0.29, 0.717) is 32.2 Å². The molecule has 3 N–H and O–H groups in total. The van der Waals surface area contributed by atoms with E-state index < -0.39 is 12.2 Å². The van der Waals surface area contributed by atoms with Gasteiger partial charge in [-0.25, -0.2) is 0 Å². The van der Waals surface area contributed by atoms with Crippen molar-refractivity contribution in [2.75, 3.05) is 12.3 Å². The van der Waals surface area contributed by atoms with Crippen molar-refractivity contribution in [3.63, 3.8) is 0 Å². The number of nitrogen functional groups attached to an aromatic ring is 1. The van der Waals surface area contributed by atoms with E-state index in [1.807, 2.05) is 91.0 Å². The average Bonchev–Trinajstić information content (AvgIpc) is 3.50. The summed E-state index contributed by atoms with van der Waals surface area (Å²) in [5.41, 5.74) is 10.2. The van der Waals surface area contributed by atoms with Crippen molar-refractivity contribution in [1.29, 1.82) is 0 Å². The third kappa shape index (κ3) is 6.01. The molecular weight excluding hydrogens is 454 g/mol. The summed E-state index contributed by atoms with van der Waals surface area (Å²) in [5.74, 6) is 0.459. The normalized spacial score (nSPS) is 21.6. The number of hydrogen-bond donors (Lipinski definition) is 2. The third-order valence-corrected chi connectivity index (χ3v) is 6.28. The maximum absolute atomic E-state index is 6.51. The molecule has 0 amide bonds. The van der Waals surface area contributed by atoms with Crippen molar-refractivity contribution in [2.24, 2.45) is 0 Å². The van der Waals surface area contributed by atoms with Gasteiger partial charge in [0, 0.05) is 5.56 Å². The van der Waals surface area contributed by atoms with Gasteiger partial charge in [0.05, 0.1) is 32.6 Å². The van der Waals surface area contributed by atoms with E-state index in [1.165, 1.54) is 0 Å². The summed E-state index contributed by atoms with van der Waals surface area (Å²) in [6, 6.07) is 30.2. The summed E-state index contributed by atoms with van der Waals surface area (Å²) >= 11 is 0. The molecule has 1 aromatic heterocycles. The number of H-pyrrole nitrogens is 1. The Kier molecular flexibility index (Phi) is 8.05. The summed E-state index contributed by atoms with van der Waals surface area (Å²) in [4.78, 5) is 0. The van der Waals surface area contributed by atoms with E-state index in [-0.39, 0.29) is 12.2 Å². The molecule has 0 bridgehead atoms. The first kappa shape index (κ1) is 24.2. The minimum Gasteiger partial charge on any atom is -0.384 e. The zero-order valence-corrected chi connectivity index (χ0v) is 20.0. The van der Waals surface area contributed by atoms with E-state index in [4.69, 9.17) is 24.7 Å². The highest BCUT2D eigenvalue weighted by Gasteiger charge is 2.48. The predicted octanol–water partition coefficient (Wildman–Crippen LogP) is 4.82. The van der Waals surface area contributed by atoms with E-state index in [2.05, 4.69) is 10.2 Å². The SMILES string of the molecule is Nc1[nH]ncc1[C@H]1O[C@H](COCc2ccccc2)[C@@H](OCc2ccccc2)[C@@H]1OCc1ccccc1. The zero-order chi connectivity index (χ0) is 24.6. The van der Waals surface area contributed by atoms with Crippen LogP contribution in [0.4, 0.5) is 5.82 Å². The second-order valence-electron chi connectivity index (χ2n) is 8.86. The van der Waals surface area contributed by atoms with E-state index >= 15 is 0 Å². The topological polar surface area (TPSA) is 91.6 Å². The van der Waals surface area contributed by atoms with Crippen molar-refractivity contribution in [1.82, 2.24) is 10.2 Å². The van der Waals surface area contributed by atoms with Crippen LogP contribution in [0.2, 0.25) is 0 Å². The molecule has 36 heavy (non-hydrogen) atoms. The molecule has 1 fully saturated rings. The van der Waals surface area contributed by atoms with Gasteiger partial charge in [0.15, 0.2) is 0 Å². The number of nitrogens with one attached hydrogen (secondary N) is 1. The van der Waals surface area contributed by atoms with Crippen LogP contribution in [0.1, 0.15) is 28.4 Å². The molecular formula is C29H31N3O4. The summed E-state index contributed by atoms with van der Waals surface area (Å²) in [6.45, 7) is 1.70. The maximum Gasteiger partial charge on any atom is 0.124 e. The molecule has 0 aliphatic carbocycles. The van der Waals surface area contributed by atoms with Gasteiger partial charge >= 0.3 is 0 Å². The van der Waals surface area contributed by atoms with Gasteiger partial charge in [0.25, 0.3) is 0 Å². The number of aromatic nitrogens is 2. The molecule has 1 aliphatic heterocycles. The number of nitrogens with zero attached hydrogens (tertiary/aromatic N) is 1. The number of anilines is 1. The fourth-order valence-corrected chi connectivity index (χ4v) is 4.43. The highest BCUT2D eigenvalue weighted by atomic mass is 16.6. The third-order valence-electron chi connectivity index (χ3n) is 6.28. The highest BCUT2D eigenvalue weighted by molar-refractivity contribution is 5.40. The van der Waals surface area contributed by atoms with Crippen molar-refractivity contribution in [3.05, 3.63) is 119 Å². The Hall–Kier alpha value is -3.49. The smallest absolute Gasteiger partial charge is 0.124 e. The molecule has 2 heterocycles. The largest absolute Gasteiger partial charge is 0.384 e. The maximum atomic E-state index is 6.51. The molecule has 0 radical (unpaired) electrons. The first-order valence-corrected chi connectivity index (χ1v) is 12.1. The van der Waals surface area contributed by atoms with Crippen LogP contribution in [-0.2, 0) is 38.8 Å². The number of aromatic amines is 1. The lowest BCUT2D eigenvalue weighted by atomic mass is 10.0. The van der Waals surface area contributed by atoms with Crippen LogP contribution in [-0.4, -0.2) is 35.1 Å². The van der Waals surface area contributed by atoms with E-state index in [9.17, 15) is 0 Å². The molecule has 0 unspecified atom stereocenters. The number of benzene rings is 3. The lowest BCUT2D eigenvalue weighted by molar-refractivity contribution is -0.0898. The predicted molar refractivity (Wildman–Crippen MR) is 137 cm³/mol. The van der Waals surface area contributed by atoms with Crippen molar-refractivity contribution >= 4 is 5.82 Å². The van der Waals surface area contributed by atoms with Crippen LogP contribution in [0.25, 0.3) is 0 Å². The van der Waals surface area contributed by atoms with Crippen molar-refractivity contribution < 1.29 is 18.9 Å². The molecule has 186 valence electrons. The summed E-state index contributed by atoms with van der Waals surface area (Å²) in [5, 5.41) is 6.92. The van der Waals surface area contributed by atoms with E-state index in [1.54, 1.807) is 6.20 Å². The van der Waals surface area contributed by atoms with Crippen LogP contribution < -0.4 is 5.73 Å². The van der Waals surface area contributed by atoms with Gasteiger partial charge in [-0.1, -0.05) is 91.0 Å². The van der Waals surface area contributed by atoms with Gasteiger partial charge in [-0.05, 0) is 16.7 Å². The Bertz CT molecular complexity index is 1190. The standard InChI is InChI=1S/C29H31N3O4/c30-29-24(16-31-32-29)26-28(35-19-23-14-8-3-9-15-23)27(34-18-22-12-6-2-7-13-22)25(36-26)20-33-17-21-10-4-1-5-11-21/h1-16,25-28H,17-20H2,(H3,30,31,32)/t25-,26-,27-,28-/m1/s1. The van der Waals surface area contributed by atoms with Crippen LogP contribution in [0.5, 0.6) is 0 Å². The van der Waals surface area contributed by atoms with Gasteiger partial charge in [-0.15, -0.1) is 0 Å². The Morgan fingerprint density at radius 3 is 1.78 bits per heavy atom. The molecule has 0 saturated carbocycles. The van der Waals surface area contributed by atoms with Crippen LogP contribution in [0.3, 0.4) is 0 Å². The number of rotatable bonds is 11.